The molecule has 0 aromatic heterocycles. The molecule has 1 atom stereocenters. The first-order valence-corrected chi connectivity index (χ1v) is 11.3. The third-order valence-electron chi connectivity index (χ3n) is 4.27. The van der Waals surface area contributed by atoms with Crippen LogP contribution in [0.2, 0.25) is 0 Å². The molecule has 2 aromatic rings. The average Bonchev–Trinajstić information content (AvgIpc) is 2.69. The molecule has 0 radical (unpaired) electrons. The minimum Gasteiger partial charge on any atom is -0.484 e. The molecule has 2 aromatic carbocycles. The minimum absolute atomic E-state index is 0.129. The van der Waals surface area contributed by atoms with Gasteiger partial charge in [-0.15, -0.1) is 0 Å². The molecule has 2 amide bonds. The molecule has 0 bridgehead atoms. The fraction of sp³-hybridized carbons (Fsp3) is 0.364. The van der Waals surface area contributed by atoms with Crippen molar-refractivity contribution in [2.75, 3.05) is 13.2 Å². The van der Waals surface area contributed by atoms with Crippen molar-refractivity contribution in [2.45, 2.75) is 33.4 Å². The third kappa shape index (κ3) is 7.97. The smallest absolute Gasteiger partial charge is 0.261 e. The molecular formula is C22H26BrIN2O3. The molecule has 0 aliphatic rings. The zero-order valence-electron chi connectivity index (χ0n) is 16.8. The number of hydrogen-bond acceptors (Lipinski definition) is 3. The number of hydrogen-bond donors (Lipinski definition) is 1. The minimum atomic E-state index is -0.611. The van der Waals surface area contributed by atoms with Crippen molar-refractivity contribution >= 4 is 50.3 Å². The van der Waals surface area contributed by atoms with Gasteiger partial charge in [-0.3, -0.25) is 9.59 Å². The number of amides is 2. The van der Waals surface area contributed by atoms with E-state index in [2.05, 4.69) is 43.8 Å². The Morgan fingerprint density at radius 1 is 1.14 bits per heavy atom. The van der Waals surface area contributed by atoms with Crippen LogP contribution in [-0.2, 0) is 16.1 Å². The molecule has 29 heavy (non-hydrogen) atoms. The Balaban J connectivity index is 2.12. The molecule has 0 unspecified atom stereocenters. The van der Waals surface area contributed by atoms with Crippen LogP contribution in [0.1, 0.15) is 26.3 Å². The number of nitrogens with zero attached hydrogens (tertiary/aromatic N) is 1. The predicted octanol–water partition coefficient (Wildman–Crippen LogP) is 4.62. The highest BCUT2D eigenvalue weighted by Gasteiger charge is 2.26. The predicted molar refractivity (Wildman–Crippen MR) is 127 cm³/mol. The van der Waals surface area contributed by atoms with Crippen LogP contribution in [0.25, 0.3) is 0 Å². The summed E-state index contributed by atoms with van der Waals surface area (Å²) in [6.45, 7) is 6.58. The maximum absolute atomic E-state index is 13.0. The van der Waals surface area contributed by atoms with E-state index in [9.17, 15) is 9.59 Å². The van der Waals surface area contributed by atoms with Gasteiger partial charge in [0.1, 0.15) is 11.8 Å². The topological polar surface area (TPSA) is 58.6 Å². The summed E-state index contributed by atoms with van der Waals surface area (Å²) in [6, 6.07) is 14.6. The lowest BCUT2D eigenvalue weighted by molar-refractivity contribution is -0.142. The monoisotopic (exact) mass is 572 g/mol. The van der Waals surface area contributed by atoms with Crippen LogP contribution < -0.4 is 10.1 Å². The molecule has 0 heterocycles. The van der Waals surface area contributed by atoms with Gasteiger partial charge < -0.3 is 15.0 Å². The fourth-order valence-corrected chi connectivity index (χ4v) is 3.43. The van der Waals surface area contributed by atoms with E-state index in [0.29, 0.717) is 24.8 Å². The van der Waals surface area contributed by atoms with Crippen LogP contribution in [0.3, 0.4) is 0 Å². The second-order valence-corrected chi connectivity index (χ2v) is 9.37. The summed E-state index contributed by atoms with van der Waals surface area (Å²) < 4.78 is 7.67. The van der Waals surface area contributed by atoms with Gasteiger partial charge in [0.15, 0.2) is 6.61 Å². The van der Waals surface area contributed by atoms with Crippen LogP contribution in [0.5, 0.6) is 5.75 Å². The Hall–Kier alpha value is -1.61. The maximum atomic E-state index is 13.0. The number of rotatable bonds is 9. The second kappa shape index (κ2) is 11.5. The zero-order valence-corrected chi connectivity index (χ0v) is 20.6. The van der Waals surface area contributed by atoms with Gasteiger partial charge >= 0.3 is 0 Å². The Labute approximate surface area is 194 Å². The van der Waals surface area contributed by atoms with Gasteiger partial charge in [0.25, 0.3) is 5.91 Å². The van der Waals surface area contributed by atoms with Gasteiger partial charge in [-0.05, 0) is 77.4 Å². The molecule has 2 rings (SSSR count). The van der Waals surface area contributed by atoms with Crippen LogP contribution in [-0.4, -0.2) is 35.9 Å². The summed E-state index contributed by atoms with van der Waals surface area (Å²) in [4.78, 5) is 27.1. The van der Waals surface area contributed by atoms with E-state index in [-0.39, 0.29) is 18.4 Å². The average molecular weight is 573 g/mol. The van der Waals surface area contributed by atoms with Crippen LogP contribution >= 0.6 is 38.5 Å². The number of carbonyl (C=O) groups excluding carboxylic acids is 2. The van der Waals surface area contributed by atoms with Crippen LogP contribution in [0, 0.1) is 9.49 Å². The molecule has 0 spiro atoms. The van der Waals surface area contributed by atoms with Crippen LogP contribution in [0.15, 0.2) is 53.0 Å². The third-order valence-corrected chi connectivity index (χ3v) is 5.48. The van der Waals surface area contributed by atoms with Gasteiger partial charge in [0, 0.05) is 21.1 Å². The lowest BCUT2D eigenvalue weighted by Gasteiger charge is -2.29. The van der Waals surface area contributed by atoms with Crippen molar-refractivity contribution in [2.24, 2.45) is 5.92 Å². The molecule has 0 saturated heterocycles. The summed E-state index contributed by atoms with van der Waals surface area (Å²) in [5.41, 5.74) is 0.936. The Kier molecular flexibility index (Phi) is 9.42. The van der Waals surface area contributed by atoms with E-state index < -0.39 is 6.04 Å². The van der Waals surface area contributed by atoms with Crippen molar-refractivity contribution in [3.8, 4) is 5.75 Å². The molecule has 0 aliphatic heterocycles. The standard InChI is InChI=1S/C22H26BrIN2O3/c1-15(2)12-25-22(28)16(3)26(13-17-5-4-6-18(23)11-17)21(27)14-29-20-9-7-19(24)8-10-20/h4-11,15-16H,12-14H2,1-3H3,(H,25,28)/t16-/m0/s1. The highest BCUT2D eigenvalue weighted by molar-refractivity contribution is 14.1. The van der Waals surface area contributed by atoms with Gasteiger partial charge in [-0.1, -0.05) is 41.9 Å². The molecule has 1 N–H and O–H groups in total. The van der Waals surface area contributed by atoms with Crippen molar-refractivity contribution in [3.63, 3.8) is 0 Å². The van der Waals surface area contributed by atoms with E-state index in [1.807, 2.05) is 62.4 Å². The summed E-state index contributed by atoms with van der Waals surface area (Å²) in [7, 11) is 0. The van der Waals surface area contributed by atoms with E-state index in [0.717, 1.165) is 13.6 Å². The number of halogens is 2. The normalized spacial score (nSPS) is 11.8. The molecule has 0 saturated carbocycles. The van der Waals surface area contributed by atoms with E-state index in [1.54, 1.807) is 11.8 Å². The lowest BCUT2D eigenvalue weighted by Crippen LogP contribution is -2.49. The highest BCUT2D eigenvalue weighted by atomic mass is 127. The number of carbonyl (C=O) groups is 2. The van der Waals surface area contributed by atoms with Gasteiger partial charge in [0.2, 0.25) is 5.91 Å². The van der Waals surface area contributed by atoms with Crippen molar-refractivity contribution in [3.05, 3.63) is 62.1 Å². The summed E-state index contributed by atoms with van der Waals surface area (Å²) >= 11 is 5.67. The van der Waals surface area contributed by atoms with E-state index >= 15 is 0 Å². The second-order valence-electron chi connectivity index (χ2n) is 7.21. The van der Waals surface area contributed by atoms with Crippen molar-refractivity contribution in [1.29, 1.82) is 0 Å². The fourth-order valence-electron chi connectivity index (χ4n) is 2.63. The molecule has 5 nitrogen and oxygen atoms in total. The SMILES string of the molecule is CC(C)CNC(=O)[C@H](C)N(Cc1cccc(Br)c1)C(=O)COc1ccc(I)cc1. The summed E-state index contributed by atoms with van der Waals surface area (Å²) in [5.74, 6) is 0.551. The Morgan fingerprint density at radius 2 is 1.83 bits per heavy atom. The summed E-state index contributed by atoms with van der Waals surface area (Å²) in [6.07, 6.45) is 0. The van der Waals surface area contributed by atoms with E-state index in [1.165, 1.54) is 0 Å². The first-order chi connectivity index (χ1) is 13.8. The molecule has 156 valence electrons. The largest absolute Gasteiger partial charge is 0.484 e. The maximum Gasteiger partial charge on any atom is 0.261 e. The number of ether oxygens (including phenoxy) is 1. The first-order valence-electron chi connectivity index (χ1n) is 9.46. The van der Waals surface area contributed by atoms with Gasteiger partial charge in [0.05, 0.1) is 0 Å². The summed E-state index contributed by atoms with van der Waals surface area (Å²) in [5, 5.41) is 2.91. The van der Waals surface area contributed by atoms with Gasteiger partial charge in [-0.25, -0.2) is 0 Å². The van der Waals surface area contributed by atoms with Gasteiger partial charge in [-0.2, -0.15) is 0 Å². The molecule has 0 aliphatic carbocycles. The van der Waals surface area contributed by atoms with E-state index in [4.69, 9.17) is 4.74 Å². The number of benzene rings is 2. The lowest BCUT2D eigenvalue weighted by atomic mass is 10.1. The molecular weight excluding hydrogens is 547 g/mol. The molecule has 7 heteroatoms. The molecule has 0 fully saturated rings. The number of nitrogens with one attached hydrogen (secondary N) is 1. The Morgan fingerprint density at radius 3 is 2.45 bits per heavy atom. The quantitative estimate of drug-likeness (QED) is 0.446. The van der Waals surface area contributed by atoms with Crippen molar-refractivity contribution in [1.82, 2.24) is 10.2 Å². The van der Waals surface area contributed by atoms with Crippen molar-refractivity contribution < 1.29 is 14.3 Å². The van der Waals surface area contributed by atoms with Crippen LogP contribution in [0.4, 0.5) is 0 Å². The Bertz CT molecular complexity index is 827. The first kappa shape index (κ1) is 23.7. The zero-order chi connectivity index (χ0) is 21.4. The highest BCUT2D eigenvalue weighted by Crippen LogP contribution is 2.17.